The van der Waals surface area contributed by atoms with Gasteiger partial charge < -0.3 is 15.4 Å². The lowest BCUT2D eigenvalue weighted by Crippen LogP contribution is -2.07. The summed E-state index contributed by atoms with van der Waals surface area (Å²) in [6, 6.07) is 7.63. The number of nitrogens with one attached hydrogen (secondary N) is 2. The molecule has 1 aromatic heterocycles. The fourth-order valence-corrected chi connectivity index (χ4v) is 1.84. The van der Waals surface area contributed by atoms with Crippen molar-refractivity contribution >= 4 is 17.5 Å². The van der Waals surface area contributed by atoms with Crippen LogP contribution in [0.1, 0.15) is 26.2 Å². The topological polar surface area (TPSA) is 72.0 Å². The van der Waals surface area contributed by atoms with Crippen molar-refractivity contribution in [2.24, 2.45) is 0 Å². The van der Waals surface area contributed by atoms with E-state index in [0.717, 1.165) is 24.4 Å². The lowest BCUT2D eigenvalue weighted by atomic mass is 10.2. The molecule has 0 radical (unpaired) electrons. The lowest BCUT2D eigenvalue weighted by molar-refractivity contribution is 0.415. The van der Waals surface area contributed by atoms with Gasteiger partial charge in [-0.15, -0.1) is 5.10 Å². The first-order chi connectivity index (χ1) is 10.3. The number of unbranched alkanes of at least 4 members (excludes halogenated alkanes) is 2. The summed E-state index contributed by atoms with van der Waals surface area (Å²) in [4.78, 5) is 4.38. The molecule has 2 aromatic rings. The molecule has 0 aliphatic heterocycles. The van der Waals surface area contributed by atoms with Crippen LogP contribution in [0.2, 0.25) is 0 Å². The number of benzene rings is 1. The summed E-state index contributed by atoms with van der Waals surface area (Å²) >= 11 is 0. The number of methoxy groups -OCH3 is 1. The minimum atomic E-state index is 0.546. The van der Waals surface area contributed by atoms with E-state index in [2.05, 4.69) is 32.7 Å². The first kappa shape index (κ1) is 15.0. The molecule has 1 aromatic carbocycles. The van der Waals surface area contributed by atoms with E-state index in [1.165, 1.54) is 12.8 Å². The Labute approximate surface area is 125 Å². The summed E-state index contributed by atoms with van der Waals surface area (Å²) in [6.45, 7) is 3.04. The van der Waals surface area contributed by atoms with Crippen molar-refractivity contribution in [3.8, 4) is 5.75 Å². The third-order valence-electron chi connectivity index (χ3n) is 2.98. The quantitative estimate of drug-likeness (QED) is 0.726. The zero-order chi connectivity index (χ0) is 14.9. The summed E-state index contributed by atoms with van der Waals surface area (Å²) in [5.74, 6) is 2.03. The molecule has 0 saturated carbocycles. The van der Waals surface area contributed by atoms with Crippen LogP contribution in [0.25, 0.3) is 0 Å². The van der Waals surface area contributed by atoms with Gasteiger partial charge in [-0.2, -0.15) is 10.1 Å². The third-order valence-corrected chi connectivity index (χ3v) is 2.98. The van der Waals surface area contributed by atoms with E-state index >= 15 is 0 Å². The van der Waals surface area contributed by atoms with Gasteiger partial charge in [-0.1, -0.05) is 19.8 Å². The van der Waals surface area contributed by atoms with Crippen LogP contribution in [-0.4, -0.2) is 28.8 Å². The predicted octanol–water partition coefficient (Wildman–Crippen LogP) is 3.23. The summed E-state index contributed by atoms with van der Waals surface area (Å²) in [6.07, 6.45) is 5.10. The van der Waals surface area contributed by atoms with E-state index in [9.17, 15) is 0 Å². The highest BCUT2D eigenvalue weighted by atomic mass is 16.5. The van der Waals surface area contributed by atoms with Crippen molar-refractivity contribution in [1.29, 1.82) is 0 Å². The second-order valence-corrected chi connectivity index (χ2v) is 4.65. The molecule has 0 fully saturated rings. The average molecular weight is 287 g/mol. The molecule has 6 heteroatoms. The van der Waals surface area contributed by atoms with Crippen molar-refractivity contribution in [3.63, 3.8) is 0 Å². The van der Waals surface area contributed by atoms with Crippen molar-refractivity contribution in [1.82, 2.24) is 15.2 Å². The average Bonchev–Trinajstić information content (AvgIpc) is 2.53. The zero-order valence-electron chi connectivity index (χ0n) is 12.5. The van der Waals surface area contributed by atoms with Gasteiger partial charge in [0, 0.05) is 12.2 Å². The number of rotatable bonds is 8. The third kappa shape index (κ3) is 4.91. The first-order valence-corrected chi connectivity index (χ1v) is 7.16. The van der Waals surface area contributed by atoms with Gasteiger partial charge in [-0.05, 0) is 30.7 Å². The normalized spacial score (nSPS) is 10.2. The predicted molar refractivity (Wildman–Crippen MR) is 84.1 cm³/mol. The van der Waals surface area contributed by atoms with Crippen LogP contribution in [0.15, 0.2) is 30.5 Å². The van der Waals surface area contributed by atoms with Crippen molar-refractivity contribution in [2.75, 3.05) is 24.3 Å². The van der Waals surface area contributed by atoms with E-state index in [0.29, 0.717) is 11.8 Å². The highest BCUT2D eigenvalue weighted by molar-refractivity contribution is 5.57. The fourth-order valence-electron chi connectivity index (χ4n) is 1.84. The highest BCUT2D eigenvalue weighted by Crippen LogP contribution is 2.18. The molecule has 0 aliphatic rings. The molecule has 0 atom stereocenters. The Kier molecular flexibility index (Phi) is 5.75. The Hall–Kier alpha value is -2.37. The molecule has 0 aliphatic carbocycles. The largest absolute Gasteiger partial charge is 0.497 e. The Bertz CT molecular complexity index is 544. The van der Waals surface area contributed by atoms with Gasteiger partial charge in [0.15, 0.2) is 5.82 Å². The SMILES string of the molecule is CCCCCNc1nncc(Nc2ccc(OC)cc2)n1. The molecule has 1 heterocycles. The van der Waals surface area contributed by atoms with Crippen LogP contribution in [0.3, 0.4) is 0 Å². The molecule has 2 rings (SSSR count). The second kappa shape index (κ2) is 8.04. The number of hydrogen-bond acceptors (Lipinski definition) is 6. The number of hydrogen-bond donors (Lipinski definition) is 2. The van der Waals surface area contributed by atoms with Crippen molar-refractivity contribution < 1.29 is 4.74 Å². The van der Waals surface area contributed by atoms with E-state index in [-0.39, 0.29) is 0 Å². The maximum Gasteiger partial charge on any atom is 0.244 e. The molecule has 0 unspecified atom stereocenters. The Morgan fingerprint density at radius 3 is 2.67 bits per heavy atom. The maximum absolute atomic E-state index is 5.13. The van der Waals surface area contributed by atoms with Crippen LogP contribution >= 0.6 is 0 Å². The van der Waals surface area contributed by atoms with Crippen molar-refractivity contribution in [2.45, 2.75) is 26.2 Å². The summed E-state index contributed by atoms with van der Waals surface area (Å²) in [5, 5.41) is 14.3. The molecule has 2 N–H and O–H groups in total. The van der Waals surface area contributed by atoms with Crippen LogP contribution in [-0.2, 0) is 0 Å². The van der Waals surface area contributed by atoms with E-state index in [1.54, 1.807) is 13.3 Å². The molecular formula is C15H21N5O. The number of ether oxygens (including phenoxy) is 1. The minimum Gasteiger partial charge on any atom is -0.497 e. The number of nitrogens with zero attached hydrogens (tertiary/aromatic N) is 3. The number of aromatic nitrogens is 3. The van der Waals surface area contributed by atoms with Crippen molar-refractivity contribution in [3.05, 3.63) is 30.5 Å². The van der Waals surface area contributed by atoms with Crippen LogP contribution < -0.4 is 15.4 Å². The molecular weight excluding hydrogens is 266 g/mol. The summed E-state index contributed by atoms with van der Waals surface area (Å²) < 4.78 is 5.13. The first-order valence-electron chi connectivity index (χ1n) is 7.16. The maximum atomic E-state index is 5.13. The lowest BCUT2D eigenvalue weighted by Gasteiger charge is -2.08. The monoisotopic (exact) mass is 287 g/mol. The van der Waals surface area contributed by atoms with Gasteiger partial charge in [0.25, 0.3) is 0 Å². The molecule has 0 amide bonds. The summed E-state index contributed by atoms with van der Waals surface area (Å²) in [7, 11) is 1.65. The minimum absolute atomic E-state index is 0.546. The number of anilines is 3. The molecule has 0 spiro atoms. The van der Waals surface area contributed by atoms with Gasteiger partial charge in [-0.3, -0.25) is 0 Å². The van der Waals surface area contributed by atoms with Crippen LogP contribution in [0.4, 0.5) is 17.5 Å². The highest BCUT2D eigenvalue weighted by Gasteiger charge is 2.01. The molecule has 0 bridgehead atoms. The Morgan fingerprint density at radius 2 is 1.95 bits per heavy atom. The molecule has 112 valence electrons. The van der Waals surface area contributed by atoms with Gasteiger partial charge in [0.1, 0.15) is 5.75 Å². The smallest absolute Gasteiger partial charge is 0.244 e. The molecule has 0 saturated heterocycles. The fraction of sp³-hybridized carbons (Fsp3) is 0.400. The van der Waals surface area contributed by atoms with Gasteiger partial charge in [0.05, 0.1) is 13.3 Å². The second-order valence-electron chi connectivity index (χ2n) is 4.65. The Balaban J connectivity index is 1.93. The standard InChI is InChI=1S/C15H21N5O/c1-3-4-5-10-16-15-19-14(11-17-20-15)18-12-6-8-13(21-2)9-7-12/h6-9,11H,3-5,10H2,1-2H3,(H2,16,18,19,20). The van der Waals surface area contributed by atoms with Crippen LogP contribution in [0.5, 0.6) is 5.75 Å². The van der Waals surface area contributed by atoms with E-state index in [4.69, 9.17) is 4.74 Å². The molecule has 6 nitrogen and oxygen atoms in total. The van der Waals surface area contributed by atoms with E-state index in [1.807, 2.05) is 24.3 Å². The Morgan fingerprint density at radius 1 is 1.14 bits per heavy atom. The summed E-state index contributed by atoms with van der Waals surface area (Å²) in [5.41, 5.74) is 0.924. The zero-order valence-corrected chi connectivity index (χ0v) is 12.5. The molecule has 21 heavy (non-hydrogen) atoms. The van der Waals surface area contributed by atoms with E-state index < -0.39 is 0 Å². The van der Waals surface area contributed by atoms with Gasteiger partial charge in [-0.25, -0.2) is 0 Å². The van der Waals surface area contributed by atoms with Gasteiger partial charge >= 0.3 is 0 Å². The van der Waals surface area contributed by atoms with Crippen LogP contribution in [0, 0.1) is 0 Å². The van der Waals surface area contributed by atoms with Gasteiger partial charge in [0.2, 0.25) is 5.95 Å².